The van der Waals surface area contributed by atoms with Gasteiger partial charge < -0.3 is 9.84 Å². The van der Waals surface area contributed by atoms with Gasteiger partial charge in [-0.1, -0.05) is 17.7 Å². The predicted octanol–water partition coefficient (Wildman–Crippen LogP) is 2.62. The molecule has 1 aromatic rings. The van der Waals surface area contributed by atoms with Crippen LogP contribution < -0.4 is 5.01 Å². The number of nitrogens with zero attached hydrogens (tertiary/aromatic N) is 2. The van der Waals surface area contributed by atoms with Crippen molar-refractivity contribution in [2.45, 2.75) is 32.7 Å². The molecule has 0 saturated carbocycles. The number of carbonyl (C=O) groups excluding carboxylic acids is 1. The fourth-order valence-electron chi connectivity index (χ4n) is 2.22. The van der Waals surface area contributed by atoms with E-state index in [0.29, 0.717) is 10.7 Å². The number of carboxylic acid groups (broad SMARTS) is 1. The first-order chi connectivity index (χ1) is 10.3. The number of hydrogen-bond donors (Lipinski definition) is 1. The maximum atomic E-state index is 11.9. The number of aliphatic carboxylic acids is 1. The molecule has 1 N–H and O–H groups in total. The maximum absolute atomic E-state index is 11.9. The topological polar surface area (TPSA) is 79.2 Å². The lowest BCUT2D eigenvalue weighted by Gasteiger charge is -2.30. The largest absolute Gasteiger partial charge is 0.479 e. The van der Waals surface area contributed by atoms with E-state index in [1.807, 2.05) is 6.92 Å². The van der Waals surface area contributed by atoms with Crippen LogP contribution in [0.3, 0.4) is 0 Å². The zero-order valence-electron chi connectivity index (χ0n) is 12.6. The van der Waals surface area contributed by atoms with Crippen molar-refractivity contribution >= 4 is 34.9 Å². The minimum absolute atomic E-state index is 0.0351. The molecule has 0 fully saturated rings. The van der Waals surface area contributed by atoms with Crippen LogP contribution in [0, 0.1) is 6.92 Å². The number of rotatable bonds is 4. The summed E-state index contributed by atoms with van der Waals surface area (Å²) in [5.74, 6) is -1.68. The normalized spacial score (nSPS) is 20.7. The molecule has 1 aliphatic rings. The van der Waals surface area contributed by atoms with E-state index in [1.54, 1.807) is 25.1 Å². The van der Waals surface area contributed by atoms with E-state index in [0.717, 1.165) is 5.56 Å². The highest BCUT2D eigenvalue weighted by atomic mass is 35.5. The first kappa shape index (κ1) is 16.3. The summed E-state index contributed by atoms with van der Waals surface area (Å²) in [4.78, 5) is 23.5. The number of hydrazone groups is 1. The first-order valence-corrected chi connectivity index (χ1v) is 7.21. The molecule has 0 amide bonds. The van der Waals surface area contributed by atoms with Crippen molar-refractivity contribution in [2.24, 2.45) is 5.10 Å². The summed E-state index contributed by atoms with van der Waals surface area (Å²) >= 11 is 6.10. The van der Waals surface area contributed by atoms with Crippen molar-refractivity contribution in [3.8, 4) is 0 Å². The Hall–Kier alpha value is -2.08. The van der Waals surface area contributed by atoms with E-state index in [-0.39, 0.29) is 18.7 Å². The average Bonchev–Trinajstić information content (AvgIpc) is 2.82. The maximum Gasteiger partial charge on any atom is 0.354 e. The Kier molecular flexibility index (Phi) is 4.42. The summed E-state index contributed by atoms with van der Waals surface area (Å²) in [6.45, 7) is 5.25. The van der Waals surface area contributed by atoms with E-state index in [4.69, 9.17) is 16.3 Å². The second-order valence-corrected chi connectivity index (χ2v) is 5.68. The molecule has 0 radical (unpaired) electrons. The van der Waals surface area contributed by atoms with Crippen molar-refractivity contribution in [1.82, 2.24) is 0 Å². The van der Waals surface area contributed by atoms with Crippen molar-refractivity contribution in [3.63, 3.8) is 0 Å². The molecule has 1 atom stereocenters. The molecular formula is C15H17ClN2O4. The molecule has 0 spiro atoms. The number of carboxylic acids is 1. The van der Waals surface area contributed by atoms with Crippen molar-refractivity contribution < 1.29 is 19.4 Å². The van der Waals surface area contributed by atoms with Gasteiger partial charge in [-0.3, -0.25) is 0 Å². The van der Waals surface area contributed by atoms with Crippen LogP contribution in [0.1, 0.15) is 25.8 Å². The Morgan fingerprint density at radius 1 is 1.50 bits per heavy atom. The van der Waals surface area contributed by atoms with Gasteiger partial charge in [-0.25, -0.2) is 14.6 Å². The van der Waals surface area contributed by atoms with E-state index in [1.165, 1.54) is 11.9 Å². The lowest BCUT2D eigenvalue weighted by atomic mass is 9.95. The summed E-state index contributed by atoms with van der Waals surface area (Å²) in [6.07, 6.45) is -0.0351. The highest BCUT2D eigenvalue weighted by Crippen LogP contribution is 2.35. The summed E-state index contributed by atoms with van der Waals surface area (Å²) in [6, 6.07) is 5.13. The molecule has 1 unspecified atom stereocenters. The van der Waals surface area contributed by atoms with E-state index in [2.05, 4.69) is 5.10 Å². The van der Waals surface area contributed by atoms with Crippen LogP contribution >= 0.6 is 11.6 Å². The lowest BCUT2D eigenvalue weighted by molar-refractivity contribution is -0.142. The molecule has 22 heavy (non-hydrogen) atoms. The zero-order valence-corrected chi connectivity index (χ0v) is 13.3. The summed E-state index contributed by atoms with van der Waals surface area (Å²) in [7, 11) is 0. The van der Waals surface area contributed by atoms with Gasteiger partial charge in [0.15, 0.2) is 5.54 Å². The summed E-state index contributed by atoms with van der Waals surface area (Å²) in [5.41, 5.74) is 0.111. The molecule has 7 heteroatoms. The Labute approximate surface area is 133 Å². The molecule has 1 heterocycles. The molecular weight excluding hydrogens is 308 g/mol. The molecule has 0 aromatic heterocycles. The van der Waals surface area contributed by atoms with Gasteiger partial charge in [-0.2, -0.15) is 5.10 Å². The Bertz CT molecular complexity index is 659. The zero-order chi connectivity index (χ0) is 16.5. The number of hydrogen-bond acceptors (Lipinski definition) is 5. The van der Waals surface area contributed by atoms with E-state index >= 15 is 0 Å². The minimum atomic E-state index is -1.36. The SMILES string of the molecule is CCOC(=O)C1=NN(c2ccc(C)c(Cl)c2)C(C)(C(=O)O)C1. The molecule has 6 nitrogen and oxygen atoms in total. The molecule has 0 saturated heterocycles. The highest BCUT2D eigenvalue weighted by molar-refractivity contribution is 6.38. The number of anilines is 1. The third kappa shape index (κ3) is 2.78. The number of carbonyl (C=O) groups is 2. The molecule has 1 aromatic carbocycles. The number of ether oxygens (including phenoxy) is 1. The number of esters is 1. The van der Waals surface area contributed by atoms with Crippen molar-refractivity contribution in [1.29, 1.82) is 0 Å². The predicted molar refractivity (Wildman–Crippen MR) is 83.4 cm³/mol. The Morgan fingerprint density at radius 3 is 2.73 bits per heavy atom. The average molecular weight is 325 g/mol. The Morgan fingerprint density at radius 2 is 2.18 bits per heavy atom. The van der Waals surface area contributed by atoms with Crippen molar-refractivity contribution in [3.05, 3.63) is 28.8 Å². The van der Waals surface area contributed by atoms with Crippen LogP contribution in [0.5, 0.6) is 0 Å². The standard InChI is InChI=1S/C15H17ClN2O4/c1-4-22-13(19)12-8-15(3,14(20)21)18(17-12)10-6-5-9(2)11(16)7-10/h5-7H,4,8H2,1-3H3,(H,20,21). The first-order valence-electron chi connectivity index (χ1n) is 6.84. The fourth-order valence-corrected chi connectivity index (χ4v) is 2.39. The quantitative estimate of drug-likeness (QED) is 0.861. The van der Waals surface area contributed by atoms with E-state index in [9.17, 15) is 14.7 Å². The molecule has 0 aliphatic carbocycles. The summed E-state index contributed by atoms with van der Waals surface area (Å²) in [5, 5.41) is 15.5. The molecule has 118 valence electrons. The minimum Gasteiger partial charge on any atom is -0.479 e. The third-order valence-electron chi connectivity index (χ3n) is 3.57. The second kappa shape index (κ2) is 5.96. The molecule has 0 bridgehead atoms. The fraction of sp³-hybridized carbons (Fsp3) is 0.400. The number of benzene rings is 1. The van der Waals surface area contributed by atoms with Crippen LogP contribution in [-0.2, 0) is 14.3 Å². The lowest BCUT2D eigenvalue weighted by Crippen LogP contribution is -2.47. The Balaban J connectivity index is 2.45. The van der Waals surface area contributed by atoms with Gasteiger partial charge in [-0.05, 0) is 38.5 Å². The van der Waals surface area contributed by atoms with Gasteiger partial charge in [0.05, 0.1) is 12.3 Å². The monoisotopic (exact) mass is 324 g/mol. The second-order valence-electron chi connectivity index (χ2n) is 5.27. The van der Waals surface area contributed by atoms with Gasteiger partial charge in [0.25, 0.3) is 0 Å². The number of aryl methyl sites for hydroxylation is 1. The van der Waals surface area contributed by atoms with Gasteiger partial charge >= 0.3 is 11.9 Å². The van der Waals surface area contributed by atoms with Crippen LogP contribution in [0.4, 0.5) is 5.69 Å². The highest BCUT2D eigenvalue weighted by Gasteiger charge is 2.48. The van der Waals surface area contributed by atoms with Crippen molar-refractivity contribution in [2.75, 3.05) is 11.6 Å². The van der Waals surface area contributed by atoms with E-state index < -0.39 is 17.5 Å². The van der Waals surface area contributed by atoms with Crippen LogP contribution in [0.25, 0.3) is 0 Å². The van der Waals surface area contributed by atoms with Gasteiger partial charge in [0, 0.05) is 11.4 Å². The van der Waals surface area contributed by atoms with Gasteiger partial charge in [0.1, 0.15) is 5.71 Å². The van der Waals surface area contributed by atoms with Gasteiger partial charge in [0.2, 0.25) is 0 Å². The smallest absolute Gasteiger partial charge is 0.354 e. The van der Waals surface area contributed by atoms with Crippen LogP contribution in [-0.4, -0.2) is 34.9 Å². The summed E-state index contributed by atoms with van der Waals surface area (Å²) < 4.78 is 4.91. The molecule has 1 aliphatic heterocycles. The molecule has 2 rings (SSSR count). The third-order valence-corrected chi connectivity index (χ3v) is 3.98. The van der Waals surface area contributed by atoms with Crippen LogP contribution in [0.15, 0.2) is 23.3 Å². The van der Waals surface area contributed by atoms with Gasteiger partial charge in [-0.15, -0.1) is 0 Å². The number of halogens is 1. The van der Waals surface area contributed by atoms with Crippen LogP contribution in [0.2, 0.25) is 5.02 Å².